The van der Waals surface area contributed by atoms with E-state index in [9.17, 15) is 9.59 Å². The maximum atomic E-state index is 13.0. The fourth-order valence-corrected chi connectivity index (χ4v) is 5.65. The van der Waals surface area contributed by atoms with Crippen LogP contribution in [0.3, 0.4) is 0 Å². The summed E-state index contributed by atoms with van der Waals surface area (Å²) in [5.41, 5.74) is 3.43. The monoisotopic (exact) mass is 612 g/mol. The maximum Gasteiger partial charge on any atom is 0.251 e. The zero-order chi connectivity index (χ0) is 27.2. The lowest BCUT2D eigenvalue weighted by atomic mass is 10.0. The molecule has 0 radical (unpaired) electrons. The summed E-state index contributed by atoms with van der Waals surface area (Å²) < 4.78 is 2.95. The molecule has 2 N–H and O–H groups in total. The number of hydrogen-bond acceptors (Lipinski definition) is 7. The van der Waals surface area contributed by atoms with Crippen LogP contribution in [0, 0.1) is 12.8 Å². The molecule has 2 heterocycles. The molecule has 0 aliphatic heterocycles. The summed E-state index contributed by atoms with van der Waals surface area (Å²) in [6.07, 6.45) is 0. The number of carbonyl (C=O) groups is 2. The van der Waals surface area contributed by atoms with Gasteiger partial charge in [-0.2, -0.15) is 0 Å². The van der Waals surface area contributed by atoms with E-state index in [1.807, 2.05) is 80.1 Å². The Hall–Kier alpha value is -3.02. The predicted molar refractivity (Wildman–Crippen MR) is 157 cm³/mol. The van der Waals surface area contributed by atoms with E-state index in [1.165, 1.54) is 23.1 Å². The van der Waals surface area contributed by atoms with Crippen LogP contribution in [0.5, 0.6) is 0 Å². The lowest BCUT2D eigenvalue weighted by molar-refractivity contribution is -0.113. The highest BCUT2D eigenvalue weighted by Crippen LogP contribution is 2.28. The SMILES string of the molecule is CCn1c(SCC(=O)Nc2nc(-c3ccc(Br)cc3)cs2)nnc1[C@@H](NC(=O)c1cccc(C)c1)C(C)C. The molecule has 198 valence electrons. The molecule has 0 unspecified atom stereocenters. The zero-order valence-electron chi connectivity index (χ0n) is 21.6. The van der Waals surface area contributed by atoms with Crippen LogP contribution in [0.1, 0.15) is 48.6 Å². The van der Waals surface area contributed by atoms with E-state index in [-0.39, 0.29) is 29.5 Å². The molecular formula is C27H29BrN6O2S2. The summed E-state index contributed by atoms with van der Waals surface area (Å²) in [6.45, 7) is 8.63. The number of halogens is 1. The quantitative estimate of drug-likeness (QED) is 0.202. The van der Waals surface area contributed by atoms with Crippen LogP contribution < -0.4 is 10.6 Å². The fraction of sp³-hybridized carbons (Fsp3) is 0.296. The molecule has 8 nitrogen and oxygen atoms in total. The van der Waals surface area contributed by atoms with Gasteiger partial charge in [-0.1, -0.05) is 71.4 Å². The summed E-state index contributed by atoms with van der Waals surface area (Å²) in [4.78, 5) is 30.2. The second kappa shape index (κ2) is 12.7. The van der Waals surface area contributed by atoms with Gasteiger partial charge in [0.15, 0.2) is 16.1 Å². The highest BCUT2D eigenvalue weighted by atomic mass is 79.9. The predicted octanol–water partition coefficient (Wildman–Crippen LogP) is 6.35. The molecule has 0 aliphatic rings. The molecule has 0 saturated carbocycles. The Labute approximate surface area is 238 Å². The standard InChI is InChI=1S/C27H29BrN6O2S2/c1-5-34-24(23(16(2)3)31-25(36)19-8-6-7-17(4)13-19)32-33-27(34)38-15-22(35)30-26-29-21(14-37-26)18-9-11-20(28)12-10-18/h6-14,16,23H,5,15H2,1-4H3,(H,31,36)(H,29,30,35)/t23-/m0/s1. The normalized spacial score (nSPS) is 11.9. The van der Waals surface area contributed by atoms with E-state index in [0.29, 0.717) is 28.2 Å². The number of anilines is 1. The number of nitrogens with one attached hydrogen (secondary N) is 2. The van der Waals surface area contributed by atoms with Crippen molar-refractivity contribution in [2.45, 2.75) is 45.4 Å². The third-order valence-corrected chi connectivity index (χ3v) is 8.05. The molecule has 0 saturated heterocycles. The van der Waals surface area contributed by atoms with Gasteiger partial charge in [-0.3, -0.25) is 9.59 Å². The van der Waals surface area contributed by atoms with Gasteiger partial charge in [-0.15, -0.1) is 21.5 Å². The summed E-state index contributed by atoms with van der Waals surface area (Å²) >= 11 is 6.13. The van der Waals surface area contributed by atoms with Crippen molar-refractivity contribution in [2.75, 3.05) is 11.1 Å². The first-order valence-electron chi connectivity index (χ1n) is 12.2. The van der Waals surface area contributed by atoms with E-state index in [1.54, 1.807) is 6.07 Å². The van der Waals surface area contributed by atoms with E-state index in [0.717, 1.165) is 21.3 Å². The summed E-state index contributed by atoms with van der Waals surface area (Å²) in [7, 11) is 0. The molecule has 0 bridgehead atoms. The first kappa shape index (κ1) is 28.0. The number of benzene rings is 2. The Morgan fingerprint density at radius 1 is 1.13 bits per heavy atom. The Kier molecular flexibility index (Phi) is 9.35. The lowest BCUT2D eigenvalue weighted by Gasteiger charge is -2.22. The van der Waals surface area contributed by atoms with Crippen LogP contribution in [-0.2, 0) is 11.3 Å². The van der Waals surface area contributed by atoms with Gasteiger partial charge >= 0.3 is 0 Å². The number of thioether (sulfide) groups is 1. The number of amides is 2. The number of nitrogens with zero attached hydrogens (tertiary/aromatic N) is 4. The molecular weight excluding hydrogens is 584 g/mol. The van der Waals surface area contributed by atoms with Crippen molar-refractivity contribution in [1.29, 1.82) is 0 Å². The van der Waals surface area contributed by atoms with Crippen LogP contribution in [0.15, 0.2) is 63.5 Å². The first-order valence-corrected chi connectivity index (χ1v) is 14.9. The van der Waals surface area contributed by atoms with Crippen molar-refractivity contribution in [2.24, 2.45) is 5.92 Å². The number of aryl methyl sites for hydroxylation is 1. The summed E-state index contributed by atoms with van der Waals surface area (Å²) in [5.74, 6) is 0.590. The van der Waals surface area contributed by atoms with Gasteiger partial charge in [-0.05, 0) is 44.0 Å². The molecule has 4 aromatic rings. The van der Waals surface area contributed by atoms with E-state index < -0.39 is 0 Å². The van der Waals surface area contributed by atoms with Crippen LogP contribution in [-0.4, -0.2) is 37.3 Å². The van der Waals surface area contributed by atoms with Crippen LogP contribution in [0.25, 0.3) is 11.3 Å². The Morgan fingerprint density at radius 3 is 2.58 bits per heavy atom. The van der Waals surface area contributed by atoms with E-state index >= 15 is 0 Å². The Bertz CT molecular complexity index is 1420. The second-order valence-corrected chi connectivity index (χ2v) is 11.7. The second-order valence-electron chi connectivity index (χ2n) is 9.03. The van der Waals surface area contributed by atoms with Gasteiger partial charge in [0.1, 0.15) is 0 Å². The minimum atomic E-state index is -0.328. The molecule has 0 spiro atoms. The van der Waals surface area contributed by atoms with E-state index in [2.05, 4.69) is 41.7 Å². The summed E-state index contributed by atoms with van der Waals surface area (Å²) in [6, 6.07) is 15.0. The van der Waals surface area contributed by atoms with Crippen molar-refractivity contribution in [1.82, 2.24) is 25.1 Å². The number of thiazole rings is 1. The molecule has 2 aromatic carbocycles. The number of aromatic nitrogens is 4. The van der Waals surface area contributed by atoms with Crippen LogP contribution >= 0.6 is 39.0 Å². The van der Waals surface area contributed by atoms with Crippen molar-refractivity contribution in [3.05, 3.63) is 75.3 Å². The number of hydrogen-bond donors (Lipinski definition) is 2. The first-order chi connectivity index (χ1) is 18.2. The molecule has 2 amide bonds. The maximum absolute atomic E-state index is 13.0. The Balaban J connectivity index is 1.40. The molecule has 0 aliphatic carbocycles. The van der Waals surface area contributed by atoms with Crippen molar-refractivity contribution < 1.29 is 9.59 Å². The van der Waals surface area contributed by atoms with E-state index in [4.69, 9.17) is 0 Å². The molecule has 38 heavy (non-hydrogen) atoms. The van der Waals surface area contributed by atoms with Gasteiger partial charge in [-0.25, -0.2) is 4.98 Å². The molecule has 4 rings (SSSR count). The van der Waals surface area contributed by atoms with Crippen LogP contribution in [0.4, 0.5) is 5.13 Å². The number of carbonyl (C=O) groups excluding carboxylic acids is 2. The molecule has 2 aromatic heterocycles. The lowest BCUT2D eigenvalue weighted by Crippen LogP contribution is -2.33. The van der Waals surface area contributed by atoms with Gasteiger partial charge in [0.05, 0.1) is 17.5 Å². The van der Waals surface area contributed by atoms with Crippen molar-refractivity contribution >= 4 is 56.0 Å². The van der Waals surface area contributed by atoms with Gasteiger partial charge in [0, 0.05) is 27.5 Å². The van der Waals surface area contributed by atoms with Gasteiger partial charge < -0.3 is 15.2 Å². The average molecular weight is 614 g/mol. The number of rotatable bonds is 10. The molecule has 11 heteroatoms. The third kappa shape index (κ3) is 6.89. The van der Waals surface area contributed by atoms with Crippen molar-refractivity contribution in [3.63, 3.8) is 0 Å². The third-order valence-electron chi connectivity index (χ3n) is 5.80. The summed E-state index contributed by atoms with van der Waals surface area (Å²) in [5, 5.41) is 17.8. The van der Waals surface area contributed by atoms with Gasteiger partial charge in [0.2, 0.25) is 5.91 Å². The zero-order valence-corrected chi connectivity index (χ0v) is 24.8. The Morgan fingerprint density at radius 2 is 1.89 bits per heavy atom. The highest BCUT2D eigenvalue weighted by molar-refractivity contribution is 9.10. The fourth-order valence-electron chi connectivity index (χ4n) is 3.84. The molecule has 1 atom stereocenters. The highest BCUT2D eigenvalue weighted by Gasteiger charge is 2.26. The average Bonchev–Trinajstić information content (AvgIpc) is 3.53. The largest absolute Gasteiger partial charge is 0.342 e. The smallest absolute Gasteiger partial charge is 0.251 e. The minimum Gasteiger partial charge on any atom is -0.342 e. The van der Waals surface area contributed by atoms with Gasteiger partial charge in [0.25, 0.3) is 5.91 Å². The van der Waals surface area contributed by atoms with Crippen molar-refractivity contribution in [3.8, 4) is 11.3 Å². The minimum absolute atomic E-state index is 0.0873. The molecule has 0 fully saturated rings. The topological polar surface area (TPSA) is 102 Å². The van der Waals surface area contributed by atoms with Crippen LogP contribution in [0.2, 0.25) is 0 Å².